The lowest BCUT2D eigenvalue weighted by Crippen LogP contribution is -2.48. The summed E-state index contributed by atoms with van der Waals surface area (Å²) in [7, 11) is 1.88. The van der Waals surface area contributed by atoms with Gasteiger partial charge in [0.15, 0.2) is 5.96 Å². The van der Waals surface area contributed by atoms with Crippen LogP contribution in [-0.2, 0) is 4.74 Å². The van der Waals surface area contributed by atoms with Crippen LogP contribution in [0.4, 0.5) is 0 Å². The molecule has 0 spiro atoms. The molecule has 0 aliphatic carbocycles. The van der Waals surface area contributed by atoms with E-state index in [-0.39, 0.29) is 0 Å². The maximum Gasteiger partial charge on any atom is 0.193 e. The second-order valence-electron chi connectivity index (χ2n) is 5.85. The molecule has 1 heterocycles. The highest BCUT2D eigenvalue weighted by Gasteiger charge is 2.21. The molecule has 21 heavy (non-hydrogen) atoms. The Bertz CT molecular complexity index is 310. The lowest BCUT2D eigenvalue weighted by molar-refractivity contribution is 0.0257. The fourth-order valence-corrected chi connectivity index (χ4v) is 3.82. The van der Waals surface area contributed by atoms with Gasteiger partial charge in [-0.15, -0.1) is 0 Å². The van der Waals surface area contributed by atoms with Gasteiger partial charge >= 0.3 is 0 Å². The van der Waals surface area contributed by atoms with Gasteiger partial charge in [0, 0.05) is 44.3 Å². The van der Waals surface area contributed by atoms with Crippen LogP contribution < -0.4 is 5.32 Å². The van der Waals surface area contributed by atoms with E-state index in [0.717, 1.165) is 43.9 Å². The van der Waals surface area contributed by atoms with Crippen molar-refractivity contribution in [2.24, 2.45) is 10.9 Å². The lowest BCUT2D eigenvalue weighted by Gasteiger charge is -2.34. The molecular formula is C16H33N3OS. The molecule has 0 amide bonds. The predicted octanol–water partition coefficient (Wildman–Crippen LogP) is 2.84. The highest BCUT2D eigenvalue weighted by atomic mass is 32.2. The Morgan fingerprint density at radius 1 is 1.43 bits per heavy atom. The van der Waals surface area contributed by atoms with Crippen molar-refractivity contribution in [2.45, 2.75) is 51.9 Å². The molecule has 1 saturated heterocycles. The molecule has 0 aromatic rings. The number of rotatable bonds is 7. The molecule has 0 radical (unpaired) electrons. The van der Waals surface area contributed by atoms with Crippen molar-refractivity contribution >= 4 is 17.7 Å². The van der Waals surface area contributed by atoms with Crippen LogP contribution in [-0.4, -0.2) is 61.3 Å². The molecule has 5 heteroatoms. The molecule has 1 N–H and O–H groups in total. The minimum Gasteiger partial charge on any atom is -0.378 e. The molecule has 1 fully saturated rings. The molecular weight excluding hydrogens is 282 g/mol. The van der Waals surface area contributed by atoms with Crippen LogP contribution in [0.1, 0.15) is 40.5 Å². The standard InChI is InChI=1S/C16H33N3OS/c1-6-14-12-19(10-11-21-14)16(17-5)18-9-8-15(13(3)4)20-7-2/h13-15H,6-12H2,1-5H3,(H,17,18). The van der Waals surface area contributed by atoms with Crippen molar-refractivity contribution in [3.8, 4) is 0 Å². The summed E-state index contributed by atoms with van der Waals surface area (Å²) in [6.45, 7) is 12.7. The van der Waals surface area contributed by atoms with E-state index in [1.165, 1.54) is 12.2 Å². The summed E-state index contributed by atoms with van der Waals surface area (Å²) >= 11 is 2.09. The van der Waals surface area contributed by atoms with Gasteiger partial charge in [0.2, 0.25) is 0 Å². The van der Waals surface area contributed by atoms with Crippen LogP contribution in [0.2, 0.25) is 0 Å². The Hall–Kier alpha value is -0.420. The smallest absolute Gasteiger partial charge is 0.193 e. The van der Waals surface area contributed by atoms with Gasteiger partial charge in [-0.3, -0.25) is 4.99 Å². The topological polar surface area (TPSA) is 36.9 Å². The first kappa shape index (κ1) is 18.6. The van der Waals surface area contributed by atoms with Gasteiger partial charge < -0.3 is 15.0 Å². The van der Waals surface area contributed by atoms with Crippen molar-refractivity contribution < 1.29 is 4.74 Å². The van der Waals surface area contributed by atoms with Gasteiger partial charge in [0.25, 0.3) is 0 Å². The molecule has 2 unspecified atom stereocenters. The number of aliphatic imine (C=N–C) groups is 1. The number of guanidine groups is 1. The molecule has 0 aromatic heterocycles. The van der Waals surface area contributed by atoms with Crippen molar-refractivity contribution in [3.63, 3.8) is 0 Å². The number of nitrogens with zero attached hydrogens (tertiary/aromatic N) is 2. The first-order valence-electron chi connectivity index (χ1n) is 8.31. The second kappa shape index (κ2) is 10.3. The molecule has 1 aliphatic rings. The van der Waals surface area contributed by atoms with E-state index in [9.17, 15) is 0 Å². The Kier molecular flexibility index (Phi) is 9.16. The highest BCUT2D eigenvalue weighted by molar-refractivity contribution is 8.00. The Morgan fingerprint density at radius 2 is 2.19 bits per heavy atom. The Balaban J connectivity index is 2.40. The first-order valence-corrected chi connectivity index (χ1v) is 9.35. The zero-order valence-corrected chi connectivity index (χ0v) is 15.2. The van der Waals surface area contributed by atoms with E-state index in [0.29, 0.717) is 12.0 Å². The number of hydrogen-bond acceptors (Lipinski definition) is 3. The van der Waals surface area contributed by atoms with E-state index >= 15 is 0 Å². The summed E-state index contributed by atoms with van der Waals surface area (Å²) in [5, 5.41) is 4.25. The molecule has 0 bridgehead atoms. The zero-order valence-electron chi connectivity index (χ0n) is 14.4. The summed E-state index contributed by atoms with van der Waals surface area (Å²) in [5.74, 6) is 2.81. The number of hydrogen-bond donors (Lipinski definition) is 1. The zero-order chi connectivity index (χ0) is 15.7. The van der Waals surface area contributed by atoms with Crippen LogP contribution >= 0.6 is 11.8 Å². The predicted molar refractivity (Wildman–Crippen MR) is 94.3 cm³/mol. The second-order valence-corrected chi connectivity index (χ2v) is 7.26. The van der Waals surface area contributed by atoms with Crippen molar-refractivity contribution in [3.05, 3.63) is 0 Å². The average Bonchev–Trinajstić information content (AvgIpc) is 2.50. The summed E-state index contributed by atoms with van der Waals surface area (Å²) in [4.78, 5) is 6.85. The largest absolute Gasteiger partial charge is 0.378 e. The van der Waals surface area contributed by atoms with Crippen LogP contribution in [0, 0.1) is 5.92 Å². The minimum atomic E-state index is 0.334. The summed E-state index contributed by atoms with van der Waals surface area (Å²) in [6, 6.07) is 0. The quantitative estimate of drug-likeness (QED) is 0.579. The van der Waals surface area contributed by atoms with E-state index < -0.39 is 0 Å². The van der Waals surface area contributed by atoms with Gasteiger partial charge in [-0.25, -0.2) is 0 Å². The fourth-order valence-electron chi connectivity index (χ4n) is 2.64. The molecule has 124 valence electrons. The van der Waals surface area contributed by atoms with Gasteiger partial charge in [-0.05, 0) is 25.7 Å². The summed E-state index contributed by atoms with van der Waals surface area (Å²) in [5.41, 5.74) is 0. The van der Waals surface area contributed by atoms with Crippen LogP contribution in [0.3, 0.4) is 0 Å². The normalized spacial score (nSPS) is 21.7. The van der Waals surface area contributed by atoms with Gasteiger partial charge in [-0.1, -0.05) is 20.8 Å². The van der Waals surface area contributed by atoms with Crippen LogP contribution in [0.5, 0.6) is 0 Å². The first-order chi connectivity index (χ1) is 10.1. The van der Waals surface area contributed by atoms with Crippen LogP contribution in [0.25, 0.3) is 0 Å². The SMILES string of the molecule is CCOC(CCNC(=NC)N1CCSC(CC)C1)C(C)C. The summed E-state index contributed by atoms with van der Waals surface area (Å²) in [6.07, 6.45) is 2.60. The fraction of sp³-hybridized carbons (Fsp3) is 0.938. The molecule has 1 rings (SSSR count). The van der Waals surface area contributed by atoms with Crippen LogP contribution in [0.15, 0.2) is 4.99 Å². The lowest BCUT2D eigenvalue weighted by atomic mass is 10.0. The number of thioether (sulfide) groups is 1. The summed E-state index contributed by atoms with van der Waals surface area (Å²) < 4.78 is 5.80. The van der Waals surface area contributed by atoms with Crippen molar-refractivity contribution in [1.29, 1.82) is 0 Å². The van der Waals surface area contributed by atoms with Gasteiger partial charge in [-0.2, -0.15) is 11.8 Å². The number of ether oxygens (including phenoxy) is 1. The van der Waals surface area contributed by atoms with E-state index in [1.807, 2.05) is 7.05 Å². The molecule has 4 nitrogen and oxygen atoms in total. The minimum absolute atomic E-state index is 0.334. The Morgan fingerprint density at radius 3 is 2.76 bits per heavy atom. The monoisotopic (exact) mass is 315 g/mol. The maximum atomic E-state index is 5.80. The van der Waals surface area contributed by atoms with Gasteiger partial charge in [0.1, 0.15) is 0 Å². The molecule has 0 aromatic carbocycles. The third-order valence-electron chi connectivity index (χ3n) is 3.94. The highest BCUT2D eigenvalue weighted by Crippen LogP contribution is 2.21. The third kappa shape index (κ3) is 6.47. The van der Waals surface area contributed by atoms with Gasteiger partial charge in [0.05, 0.1) is 6.10 Å². The van der Waals surface area contributed by atoms with Crippen molar-refractivity contribution in [1.82, 2.24) is 10.2 Å². The van der Waals surface area contributed by atoms with E-state index in [4.69, 9.17) is 4.74 Å². The van der Waals surface area contributed by atoms with E-state index in [2.05, 4.69) is 54.7 Å². The van der Waals surface area contributed by atoms with Crippen molar-refractivity contribution in [2.75, 3.05) is 39.0 Å². The maximum absolute atomic E-state index is 5.80. The number of nitrogens with one attached hydrogen (secondary N) is 1. The Labute approximate surface area is 135 Å². The average molecular weight is 316 g/mol. The molecule has 2 atom stereocenters. The molecule has 0 saturated carbocycles. The molecule has 1 aliphatic heterocycles. The third-order valence-corrected chi connectivity index (χ3v) is 5.31. The van der Waals surface area contributed by atoms with E-state index in [1.54, 1.807) is 0 Å².